The van der Waals surface area contributed by atoms with E-state index in [-0.39, 0.29) is 10.8 Å². The van der Waals surface area contributed by atoms with Crippen molar-refractivity contribution >= 4 is 0 Å². The van der Waals surface area contributed by atoms with Crippen LogP contribution in [0, 0.1) is 22.7 Å². The maximum absolute atomic E-state index is 11.1. The zero-order chi connectivity index (χ0) is 10.9. The summed E-state index contributed by atoms with van der Waals surface area (Å²) in [5, 5.41) is 11.1. The first-order valence-corrected chi connectivity index (χ1v) is 6.31. The Morgan fingerprint density at radius 3 is 2.67 bits per heavy atom. The Labute approximate surface area is 92.6 Å². The number of hydrogen-bond donors (Lipinski definition) is 1. The summed E-state index contributed by atoms with van der Waals surface area (Å²) in [4.78, 5) is 0. The lowest BCUT2D eigenvalue weighted by atomic mass is 9.38. The van der Waals surface area contributed by atoms with Crippen molar-refractivity contribution in [2.24, 2.45) is 22.7 Å². The van der Waals surface area contributed by atoms with Crippen LogP contribution in [-0.2, 0) is 0 Å². The lowest BCUT2D eigenvalue weighted by Gasteiger charge is -2.69. The minimum absolute atomic E-state index is 0.0985. The molecule has 84 valence electrons. The van der Waals surface area contributed by atoms with Gasteiger partial charge in [-0.25, -0.2) is 0 Å². The normalized spacial score (nSPS) is 55.7. The zero-order valence-electron chi connectivity index (χ0n) is 10.1. The Balaban J connectivity index is 2.19. The van der Waals surface area contributed by atoms with Crippen molar-refractivity contribution in [1.82, 2.24) is 0 Å². The van der Waals surface area contributed by atoms with E-state index in [1.807, 2.05) is 0 Å². The van der Waals surface area contributed by atoms with Crippen LogP contribution in [-0.4, -0.2) is 10.7 Å². The van der Waals surface area contributed by atoms with Crippen LogP contribution in [0.3, 0.4) is 0 Å². The molecule has 4 atom stereocenters. The molecular formula is C14H22O. The van der Waals surface area contributed by atoms with Gasteiger partial charge in [0.05, 0.1) is 5.60 Å². The average molecular weight is 206 g/mol. The molecule has 0 amide bonds. The summed E-state index contributed by atoms with van der Waals surface area (Å²) in [5.41, 5.74) is -0.220. The van der Waals surface area contributed by atoms with E-state index in [4.69, 9.17) is 0 Å². The highest BCUT2D eigenvalue weighted by Crippen LogP contribution is 2.69. The maximum Gasteiger partial charge on any atom is 0.0794 e. The maximum atomic E-state index is 11.1. The number of fused-ring (bicyclic) bond motifs is 1. The van der Waals surface area contributed by atoms with Crippen molar-refractivity contribution in [1.29, 1.82) is 0 Å². The lowest BCUT2D eigenvalue weighted by Crippen LogP contribution is -2.69. The smallest absolute Gasteiger partial charge is 0.0794 e. The fourth-order valence-corrected chi connectivity index (χ4v) is 4.78. The van der Waals surface area contributed by atoms with Crippen LogP contribution in [0.25, 0.3) is 0 Å². The third-order valence-corrected chi connectivity index (χ3v) is 6.18. The molecule has 4 aliphatic carbocycles. The van der Waals surface area contributed by atoms with Crippen LogP contribution in [0.2, 0.25) is 0 Å². The monoisotopic (exact) mass is 206 g/mol. The molecule has 0 radical (unpaired) electrons. The molecule has 1 nitrogen and oxygen atoms in total. The molecule has 0 aromatic carbocycles. The van der Waals surface area contributed by atoms with Crippen LogP contribution in [0.1, 0.15) is 46.5 Å². The molecule has 0 aliphatic heterocycles. The van der Waals surface area contributed by atoms with Gasteiger partial charge in [-0.2, -0.15) is 0 Å². The van der Waals surface area contributed by atoms with Crippen LogP contribution in [0.5, 0.6) is 0 Å². The highest BCUT2D eigenvalue weighted by atomic mass is 16.3. The average Bonchev–Trinajstić information content (AvgIpc) is 2.16. The second-order valence-corrected chi connectivity index (χ2v) is 6.71. The molecule has 15 heavy (non-hydrogen) atoms. The van der Waals surface area contributed by atoms with Gasteiger partial charge in [-0.15, -0.1) is 0 Å². The fraction of sp³-hybridized carbons (Fsp3) is 0.857. The van der Waals surface area contributed by atoms with Crippen molar-refractivity contribution in [2.75, 3.05) is 0 Å². The number of hydrogen-bond acceptors (Lipinski definition) is 1. The quantitative estimate of drug-likeness (QED) is 0.604. The summed E-state index contributed by atoms with van der Waals surface area (Å²) >= 11 is 0. The molecule has 4 aliphatic rings. The van der Waals surface area contributed by atoms with E-state index in [0.717, 1.165) is 12.3 Å². The van der Waals surface area contributed by atoms with Gasteiger partial charge in [0.15, 0.2) is 0 Å². The van der Waals surface area contributed by atoms with Gasteiger partial charge in [-0.3, -0.25) is 0 Å². The van der Waals surface area contributed by atoms with Gasteiger partial charge in [-0.1, -0.05) is 32.9 Å². The second kappa shape index (κ2) is 2.51. The summed E-state index contributed by atoms with van der Waals surface area (Å²) in [7, 11) is 0. The summed E-state index contributed by atoms with van der Waals surface area (Å²) in [6.07, 6.45) is 9.28. The molecule has 1 N–H and O–H groups in total. The molecule has 0 heterocycles. The Kier molecular flexibility index (Phi) is 1.65. The summed E-state index contributed by atoms with van der Waals surface area (Å²) in [6, 6.07) is 0. The van der Waals surface area contributed by atoms with Crippen molar-refractivity contribution in [2.45, 2.75) is 52.1 Å². The SMILES string of the molecule is CC1(C)[C@H]2CC[C@]3(C)[C@@H](C=CC[C@@]13O)C2. The van der Waals surface area contributed by atoms with Gasteiger partial charge in [0, 0.05) is 5.41 Å². The molecule has 4 rings (SSSR count). The third-order valence-electron chi connectivity index (χ3n) is 6.18. The van der Waals surface area contributed by atoms with Gasteiger partial charge in [-0.05, 0) is 42.9 Å². The topological polar surface area (TPSA) is 20.2 Å². The van der Waals surface area contributed by atoms with Gasteiger partial charge < -0.3 is 5.11 Å². The van der Waals surface area contributed by atoms with E-state index in [2.05, 4.69) is 32.9 Å². The van der Waals surface area contributed by atoms with E-state index in [1.54, 1.807) is 0 Å². The highest BCUT2D eigenvalue weighted by Gasteiger charge is 2.67. The molecule has 1 heteroatoms. The van der Waals surface area contributed by atoms with Crippen molar-refractivity contribution < 1.29 is 5.11 Å². The number of allylic oxidation sites excluding steroid dienone is 1. The molecule has 0 unspecified atom stereocenters. The van der Waals surface area contributed by atoms with Crippen molar-refractivity contribution in [3.05, 3.63) is 12.2 Å². The fourth-order valence-electron chi connectivity index (χ4n) is 4.78. The van der Waals surface area contributed by atoms with Crippen LogP contribution >= 0.6 is 0 Å². The first-order chi connectivity index (χ1) is 6.92. The molecule has 0 aromatic rings. The predicted octanol–water partition coefficient (Wildman–Crippen LogP) is 3.14. The Morgan fingerprint density at radius 1 is 1.27 bits per heavy atom. The largest absolute Gasteiger partial charge is 0.388 e. The summed E-state index contributed by atoms with van der Waals surface area (Å²) in [6.45, 7) is 6.88. The first kappa shape index (κ1) is 9.89. The summed E-state index contributed by atoms with van der Waals surface area (Å²) < 4.78 is 0. The number of aliphatic hydroxyl groups is 1. The molecular weight excluding hydrogens is 184 g/mol. The molecule has 0 saturated heterocycles. The van der Waals surface area contributed by atoms with Crippen LogP contribution in [0.4, 0.5) is 0 Å². The van der Waals surface area contributed by atoms with Crippen LogP contribution < -0.4 is 0 Å². The van der Waals surface area contributed by atoms with E-state index in [9.17, 15) is 5.11 Å². The Hall–Kier alpha value is -0.300. The standard InChI is InChI=1S/C14H22O/c1-12(2)10-6-8-13(3)11(9-10)5-4-7-14(12,13)15/h4-5,10-11,15H,6-9H2,1-3H3/t10-,11-,13+,14+/m0/s1. The molecule has 4 bridgehead atoms. The van der Waals surface area contributed by atoms with Gasteiger partial charge in [0.1, 0.15) is 0 Å². The van der Waals surface area contributed by atoms with Crippen molar-refractivity contribution in [3.63, 3.8) is 0 Å². The van der Waals surface area contributed by atoms with Crippen molar-refractivity contribution in [3.8, 4) is 0 Å². The second-order valence-electron chi connectivity index (χ2n) is 6.71. The first-order valence-electron chi connectivity index (χ1n) is 6.31. The Morgan fingerprint density at radius 2 is 2.00 bits per heavy atom. The lowest BCUT2D eigenvalue weighted by molar-refractivity contribution is -0.257. The third kappa shape index (κ3) is 0.860. The van der Waals surface area contributed by atoms with Crippen LogP contribution in [0.15, 0.2) is 12.2 Å². The molecule has 0 spiro atoms. The van der Waals surface area contributed by atoms with E-state index in [1.165, 1.54) is 19.3 Å². The molecule has 3 saturated carbocycles. The highest BCUT2D eigenvalue weighted by molar-refractivity contribution is 5.24. The number of rotatable bonds is 0. The van der Waals surface area contributed by atoms with Gasteiger partial charge >= 0.3 is 0 Å². The molecule has 3 fully saturated rings. The zero-order valence-corrected chi connectivity index (χ0v) is 10.1. The minimum atomic E-state index is -0.458. The van der Waals surface area contributed by atoms with Gasteiger partial charge in [0.25, 0.3) is 0 Å². The Bertz CT molecular complexity index is 330. The van der Waals surface area contributed by atoms with E-state index < -0.39 is 5.60 Å². The van der Waals surface area contributed by atoms with E-state index in [0.29, 0.717) is 5.92 Å². The predicted molar refractivity (Wildman–Crippen MR) is 61.4 cm³/mol. The summed E-state index contributed by atoms with van der Waals surface area (Å²) in [5.74, 6) is 1.35. The van der Waals surface area contributed by atoms with Gasteiger partial charge in [0.2, 0.25) is 0 Å². The molecule has 0 aromatic heterocycles. The minimum Gasteiger partial charge on any atom is -0.388 e. The van der Waals surface area contributed by atoms with E-state index >= 15 is 0 Å².